The third-order valence-electron chi connectivity index (χ3n) is 5.46. The van der Waals surface area contributed by atoms with Crippen molar-refractivity contribution in [3.63, 3.8) is 0 Å². The Kier molecular flexibility index (Phi) is 6.77. The van der Waals surface area contributed by atoms with Crippen LogP contribution in [0.4, 0.5) is 0 Å². The molecule has 8 nitrogen and oxygen atoms in total. The van der Waals surface area contributed by atoms with Gasteiger partial charge in [-0.3, -0.25) is 9.59 Å². The van der Waals surface area contributed by atoms with Gasteiger partial charge in [0.05, 0.1) is 37.6 Å². The van der Waals surface area contributed by atoms with Crippen LogP contribution in [-0.4, -0.2) is 34.9 Å². The lowest BCUT2D eigenvalue weighted by Crippen LogP contribution is -2.30. The number of ether oxygens (including phenoxy) is 2. The van der Waals surface area contributed by atoms with E-state index in [-0.39, 0.29) is 17.9 Å². The molecular formula is C26H27NO7. The first kappa shape index (κ1) is 23.2. The largest absolute Gasteiger partial charge is 0.503 e. The molecule has 0 radical (unpaired) electrons. The Bertz CT molecular complexity index is 1210. The average Bonchev–Trinajstić information content (AvgIpc) is 3.55. The van der Waals surface area contributed by atoms with Gasteiger partial charge in [0, 0.05) is 0 Å². The van der Waals surface area contributed by atoms with Crippen molar-refractivity contribution in [1.29, 1.82) is 0 Å². The van der Waals surface area contributed by atoms with Gasteiger partial charge in [-0.2, -0.15) is 0 Å². The number of aliphatic hydroxyl groups is 1. The summed E-state index contributed by atoms with van der Waals surface area (Å²) in [7, 11) is 0. The van der Waals surface area contributed by atoms with Crippen LogP contribution in [-0.2, 0) is 11.3 Å². The molecule has 1 atom stereocenters. The molecule has 1 amide bonds. The minimum Gasteiger partial charge on any atom is -0.503 e. The summed E-state index contributed by atoms with van der Waals surface area (Å²) in [5.74, 6) is 0.328. The van der Waals surface area contributed by atoms with Gasteiger partial charge >= 0.3 is 0 Å². The van der Waals surface area contributed by atoms with E-state index in [0.29, 0.717) is 41.8 Å². The second-order valence-electron chi connectivity index (χ2n) is 7.90. The number of hydrogen-bond acceptors (Lipinski definition) is 7. The van der Waals surface area contributed by atoms with Gasteiger partial charge in [-0.25, -0.2) is 0 Å². The van der Waals surface area contributed by atoms with E-state index in [9.17, 15) is 14.7 Å². The molecule has 0 fully saturated rings. The number of carbonyl (C=O) groups excluding carboxylic acids is 2. The van der Waals surface area contributed by atoms with Crippen molar-refractivity contribution in [3.05, 3.63) is 82.9 Å². The molecule has 1 aromatic carbocycles. The Labute approximate surface area is 197 Å². The van der Waals surface area contributed by atoms with Crippen LogP contribution in [0.1, 0.15) is 53.9 Å². The number of nitrogens with zero attached hydrogens (tertiary/aromatic N) is 1. The first-order valence-electron chi connectivity index (χ1n) is 11.2. The number of amides is 1. The fourth-order valence-corrected chi connectivity index (χ4v) is 3.95. The maximum atomic E-state index is 13.4. The number of carbonyl (C=O) groups is 2. The van der Waals surface area contributed by atoms with Crippen LogP contribution < -0.4 is 9.47 Å². The molecule has 178 valence electrons. The summed E-state index contributed by atoms with van der Waals surface area (Å²) < 4.78 is 22.5. The molecule has 0 aliphatic carbocycles. The zero-order chi connectivity index (χ0) is 24.2. The Hall–Kier alpha value is -3.94. The highest BCUT2D eigenvalue weighted by Crippen LogP contribution is 2.42. The maximum Gasteiger partial charge on any atom is 0.290 e. The van der Waals surface area contributed by atoms with Crippen LogP contribution in [0.3, 0.4) is 0 Å². The number of rotatable bonds is 10. The van der Waals surface area contributed by atoms with Crippen molar-refractivity contribution in [2.45, 2.75) is 39.8 Å². The molecule has 4 rings (SSSR count). The van der Waals surface area contributed by atoms with Crippen LogP contribution in [0.15, 0.2) is 68.9 Å². The molecule has 8 heteroatoms. The summed E-state index contributed by atoms with van der Waals surface area (Å²) in [4.78, 5) is 27.9. The number of furan rings is 2. The van der Waals surface area contributed by atoms with E-state index in [2.05, 4.69) is 0 Å². The topological polar surface area (TPSA) is 102 Å². The molecule has 0 bridgehead atoms. The van der Waals surface area contributed by atoms with E-state index in [1.165, 1.54) is 17.2 Å². The molecule has 34 heavy (non-hydrogen) atoms. The van der Waals surface area contributed by atoms with Crippen molar-refractivity contribution >= 4 is 11.7 Å². The van der Waals surface area contributed by atoms with Crippen LogP contribution in [0, 0.1) is 6.92 Å². The van der Waals surface area contributed by atoms with Gasteiger partial charge in [0.2, 0.25) is 5.78 Å². The Morgan fingerprint density at radius 2 is 1.94 bits per heavy atom. The highest BCUT2D eigenvalue weighted by molar-refractivity contribution is 6.15. The third-order valence-corrected chi connectivity index (χ3v) is 5.46. The number of aryl methyl sites for hydroxylation is 1. The summed E-state index contributed by atoms with van der Waals surface area (Å²) in [6, 6.07) is 11.0. The second kappa shape index (κ2) is 9.91. The zero-order valence-corrected chi connectivity index (χ0v) is 19.4. The molecule has 1 aliphatic rings. The van der Waals surface area contributed by atoms with E-state index in [4.69, 9.17) is 18.3 Å². The van der Waals surface area contributed by atoms with E-state index in [1.54, 1.807) is 43.3 Å². The minimum atomic E-state index is -0.880. The molecule has 0 spiro atoms. The molecular weight excluding hydrogens is 438 g/mol. The van der Waals surface area contributed by atoms with Gasteiger partial charge in [-0.05, 0) is 62.2 Å². The van der Waals surface area contributed by atoms with Crippen LogP contribution in [0.5, 0.6) is 11.5 Å². The summed E-state index contributed by atoms with van der Waals surface area (Å²) in [5.41, 5.74) is 0.526. The molecule has 2 aromatic heterocycles. The number of benzene rings is 1. The molecule has 0 saturated heterocycles. The summed E-state index contributed by atoms with van der Waals surface area (Å²) in [6.45, 7) is 6.57. The van der Waals surface area contributed by atoms with Crippen molar-refractivity contribution in [2.75, 3.05) is 13.2 Å². The Morgan fingerprint density at radius 1 is 1.12 bits per heavy atom. The minimum absolute atomic E-state index is 0.0460. The van der Waals surface area contributed by atoms with Crippen molar-refractivity contribution < 1.29 is 33.0 Å². The van der Waals surface area contributed by atoms with Crippen LogP contribution in [0.25, 0.3) is 0 Å². The summed E-state index contributed by atoms with van der Waals surface area (Å²) >= 11 is 0. The predicted octanol–water partition coefficient (Wildman–Crippen LogP) is 5.15. The van der Waals surface area contributed by atoms with Crippen molar-refractivity contribution in [2.24, 2.45) is 0 Å². The van der Waals surface area contributed by atoms with E-state index >= 15 is 0 Å². The Balaban J connectivity index is 1.80. The molecule has 3 heterocycles. The normalized spacial score (nSPS) is 15.8. The van der Waals surface area contributed by atoms with E-state index < -0.39 is 23.5 Å². The Morgan fingerprint density at radius 3 is 2.59 bits per heavy atom. The standard InChI is InChI=1S/C26H27NO7/c1-4-12-33-19-11-9-17(14-21(19)31-5-2)23-22(24(28)20-10-8-16(3)34-20)25(29)26(30)27(23)15-18-7-6-13-32-18/h6-11,13-14,23,29H,4-5,12,15H2,1-3H3/t23-/m1/s1. The SMILES string of the molecule is CCCOc1ccc([C@@H]2C(C(=O)c3ccc(C)o3)=C(O)C(=O)N2Cc2ccco2)cc1OCC. The number of aliphatic hydroxyl groups excluding tert-OH is 1. The molecule has 0 saturated carbocycles. The first-order valence-corrected chi connectivity index (χ1v) is 11.2. The van der Waals surface area contributed by atoms with Crippen molar-refractivity contribution in [1.82, 2.24) is 4.90 Å². The molecule has 1 N–H and O–H groups in total. The smallest absolute Gasteiger partial charge is 0.290 e. The van der Waals surface area contributed by atoms with Crippen molar-refractivity contribution in [3.8, 4) is 11.5 Å². The van der Waals surface area contributed by atoms with E-state index in [1.807, 2.05) is 13.8 Å². The zero-order valence-electron chi connectivity index (χ0n) is 19.4. The van der Waals surface area contributed by atoms with E-state index in [0.717, 1.165) is 6.42 Å². The fraction of sp³-hybridized carbons (Fsp3) is 0.308. The van der Waals surface area contributed by atoms with Gasteiger partial charge in [0.1, 0.15) is 11.5 Å². The fourth-order valence-electron chi connectivity index (χ4n) is 3.95. The summed E-state index contributed by atoms with van der Waals surface area (Å²) in [5, 5.41) is 10.8. The quantitative estimate of drug-likeness (QED) is 0.413. The lowest BCUT2D eigenvalue weighted by Gasteiger charge is -2.26. The van der Waals surface area contributed by atoms with Gasteiger partial charge in [0.25, 0.3) is 5.91 Å². The van der Waals surface area contributed by atoms with Gasteiger partial charge < -0.3 is 28.3 Å². The first-order chi connectivity index (χ1) is 16.4. The maximum absolute atomic E-state index is 13.4. The third kappa shape index (κ3) is 4.44. The number of ketones is 1. The number of Topliss-reactive ketones (excluding diaryl/α,β-unsaturated/α-hetero) is 1. The lowest BCUT2D eigenvalue weighted by atomic mass is 9.94. The second-order valence-corrected chi connectivity index (χ2v) is 7.90. The average molecular weight is 466 g/mol. The molecule has 0 unspecified atom stereocenters. The summed E-state index contributed by atoms with van der Waals surface area (Å²) in [6.07, 6.45) is 2.34. The monoisotopic (exact) mass is 465 g/mol. The molecule has 3 aromatic rings. The molecule has 1 aliphatic heterocycles. The lowest BCUT2D eigenvalue weighted by molar-refractivity contribution is -0.130. The predicted molar refractivity (Wildman–Crippen MR) is 123 cm³/mol. The van der Waals surface area contributed by atoms with Crippen LogP contribution in [0.2, 0.25) is 0 Å². The van der Waals surface area contributed by atoms with Crippen LogP contribution >= 0.6 is 0 Å². The van der Waals surface area contributed by atoms with Gasteiger partial charge in [-0.1, -0.05) is 13.0 Å². The number of hydrogen-bond donors (Lipinski definition) is 1. The van der Waals surface area contributed by atoms with Gasteiger partial charge in [0.15, 0.2) is 23.0 Å². The highest BCUT2D eigenvalue weighted by atomic mass is 16.5. The van der Waals surface area contributed by atoms with Gasteiger partial charge in [-0.15, -0.1) is 0 Å². The highest BCUT2D eigenvalue weighted by Gasteiger charge is 2.45.